The SMILES string of the molecule is CC(=O)c1ccc(N2C(=O)c3ccc(C(c4ccc5c(c4)C(=O)N(c4ccc(C(C)=O)cc4)C5=O)(C(F)(F)F)C(F)(F)F)cc3C2=O)cc1. The molecule has 4 amide bonds. The molecule has 0 atom stereocenters. The van der Waals surface area contributed by atoms with Crippen LogP contribution in [-0.2, 0) is 5.41 Å². The Hall–Kier alpha value is -5.92. The minimum Gasteiger partial charge on any atom is -0.295 e. The molecular formula is C35H20F6N2O6. The van der Waals surface area contributed by atoms with E-state index in [9.17, 15) is 28.8 Å². The molecule has 0 bridgehead atoms. The highest BCUT2D eigenvalue weighted by atomic mass is 19.4. The van der Waals surface area contributed by atoms with Crippen LogP contribution in [-0.4, -0.2) is 47.5 Å². The van der Waals surface area contributed by atoms with Gasteiger partial charge in [-0.2, -0.15) is 26.3 Å². The Bertz CT molecular complexity index is 1980. The summed E-state index contributed by atoms with van der Waals surface area (Å²) in [5.41, 5.74) is -9.82. The highest BCUT2D eigenvalue weighted by Crippen LogP contribution is 2.57. The number of imide groups is 2. The summed E-state index contributed by atoms with van der Waals surface area (Å²) in [5, 5.41) is 0. The minimum atomic E-state index is -6.13. The number of amides is 4. The number of carbonyl (C=O) groups excluding carboxylic acids is 6. The smallest absolute Gasteiger partial charge is 0.295 e. The molecule has 2 aliphatic heterocycles. The molecule has 8 nitrogen and oxygen atoms in total. The van der Waals surface area contributed by atoms with E-state index in [1.165, 1.54) is 62.4 Å². The maximum atomic E-state index is 15.1. The molecule has 0 saturated carbocycles. The molecule has 6 rings (SSSR count). The fourth-order valence-electron chi connectivity index (χ4n) is 6.09. The monoisotopic (exact) mass is 678 g/mol. The quantitative estimate of drug-likeness (QED) is 0.122. The lowest BCUT2D eigenvalue weighted by Crippen LogP contribution is -2.55. The van der Waals surface area contributed by atoms with Crippen molar-refractivity contribution < 1.29 is 55.1 Å². The number of anilines is 2. The first-order valence-corrected chi connectivity index (χ1v) is 14.3. The largest absolute Gasteiger partial charge is 0.411 e. The van der Waals surface area contributed by atoms with Gasteiger partial charge in [0.1, 0.15) is 0 Å². The number of ketones is 2. The van der Waals surface area contributed by atoms with E-state index in [1.54, 1.807) is 0 Å². The molecule has 248 valence electrons. The molecular weight excluding hydrogens is 658 g/mol. The Kier molecular flexibility index (Phi) is 7.46. The number of hydrogen-bond donors (Lipinski definition) is 0. The van der Waals surface area contributed by atoms with Crippen molar-refractivity contribution in [3.63, 3.8) is 0 Å². The molecule has 4 aromatic rings. The molecule has 0 N–H and O–H groups in total. The second-order valence-corrected chi connectivity index (χ2v) is 11.4. The van der Waals surface area contributed by atoms with E-state index in [4.69, 9.17) is 0 Å². The summed E-state index contributed by atoms with van der Waals surface area (Å²) in [5.74, 6) is -5.08. The van der Waals surface area contributed by atoms with Crippen LogP contribution >= 0.6 is 0 Å². The van der Waals surface area contributed by atoms with Crippen molar-refractivity contribution in [2.45, 2.75) is 31.6 Å². The van der Waals surface area contributed by atoms with Crippen molar-refractivity contribution >= 4 is 46.6 Å². The van der Waals surface area contributed by atoms with Crippen LogP contribution in [0.4, 0.5) is 37.7 Å². The maximum Gasteiger partial charge on any atom is 0.411 e. The number of halogens is 6. The number of fused-ring (bicyclic) bond motifs is 2. The van der Waals surface area contributed by atoms with Crippen molar-refractivity contribution in [3.05, 3.63) is 129 Å². The van der Waals surface area contributed by atoms with Gasteiger partial charge >= 0.3 is 12.4 Å². The van der Waals surface area contributed by atoms with Crippen LogP contribution < -0.4 is 9.80 Å². The number of carbonyl (C=O) groups is 6. The lowest BCUT2D eigenvalue weighted by molar-refractivity contribution is -0.288. The van der Waals surface area contributed by atoms with Gasteiger partial charge in [-0.15, -0.1) is 0 Å². The van der Waals surface area contributed by atoms with E-state index in [0.717, 1.165) is 0 Å². The van der Waals surface area contributed by atoms with Crippen molar-refractivity contribution in [2.75, 3.05) is 9.80 Å². The van der Waals surface area contributed by atoms with Crippen molar-refractivity contribution in [1.82, 2.24) is 0 Å². The van der Waals surface area contributed by atoms with Crippen molar-refractivity contribution in [1.29, 1.82) is 0 Å². The Balaban J connectivity index is 1.47. The molecule has 2 heterocycles. The van der Waals surface area contributed by atoms with Crippen LogP contribution in [0.5, 0.6) is 0 Å². The van der Waals surface area contributed by atoms with E-state index in [-0.39, 0.29) is 34.1 Å². The van der Waals surface area contributed by atoms with E-state index >= 15 is 26.3 Å². The normalized spacial score (nSPS) is 14.8. The molecule has 0 aromatic heterocycles. The van der Waals surface area contributed by atoms with Crippen LogP contribution in [0.3, 0.4) is 0 Å². The topological polar surface area (TPSA) is 109 Å². The Morgan fingerprint density at radius 1 is 0.469 bits per heavy atom. The summed E-state index contributed by atoms with van der Waals surface area (Å²) < 4.78 is 90.5. The van der Waals surface area contributed by atoms with Crippen LogP contribution in [0.15, 0.2) is 84.9 Å². The van der Waals surface area contributed by atoms with E-state index < -0.39 is 74.8 Å². The summed E-state index contributed by atoms with van der Waals surface area (Å²) in [6.45, 7) is 2.54. The van der Waals surface area contributed by atoms with Crippen molar-refractivity contribution in [3.8, 4) is 0 Å². The van der Waals surface area contributed by atoms with Gasteiger partial charge in [0.15, 0.2) is 11.6 Å². The fraction of sp³-hybridized carbons (Fsp3) is 0.143. The highest BCUT2D eigenvalue weighted by molar-refractivity contribution is 6.35. The average Bonchev–Trinajstić information content (AvgIpc) is 3.43. The fourth-order valence-corrected chi connectivity index (χ4v) is 6.09. The second-order valence-electron chi connectivity index (χ2n) is 11.4. The summed E-state index contributed by atoms with van der Waals surface area (Å²) >= 11 is 0. The van der Waals surface area contributed by atoms with Gasteiger partial charge in [0, 0.05) is 11.1 Å². The van der Waals surface area contributed by atoms with Crippen LogP contribution in [0, 0.1) is 0 Å². The first-order valence-electron chi connectivity index (χ1n) is 14.3. The summed E-state index contributed by atoms with van der Waals surface area (Å²) in [6, 6.07) is 13.1. The average molecular weight is 679 g/mol. The summed E-state index contributed by atoms with van der Waals surface area (Å²) in [6.07, 6.45) is -12.3. The van der Waals surface area contributed by atoms with Gasteiger partial charge in [0.2, 0.25) is 5.41 Å². The highest BCUT2D eigenvalue weighted by Gasteiger charge is 2.73. The zero-order valence-corrected chi connectivity index (χ0v) is 25.2. The first kappa shape index (κ1) is 33.0. The first-order chi connectivity index (χ1) is 22.9. The molecule has 2 aliphatic rings. The Morgan fingerprint density at radius 2 is 0.776 bits per heavy atom. The minimum absolute atomic E-state index is 0.0713. The molecule has 0 saturated heterocycles. The van der Waals surface area contributed by atoms with E-state index in [0.29, 0.717) is 46.2 Å². The van der Waals surface area contributed by atoms with Crippen LogP contribution in [0.1, 0.15) is 87.1 Å². The third-order valence-electron chi connectivity index (χ3n) is 8.55. The van der Waals surface area contributed by atoms with Crippen LogP contribution in [0.2, 0.25) is 0 Å². The third-order valence-corrected chi connectivity index (χ3v) is 8.55. The molecule has 14 heteroatoms. The third kappa shape index (κ3) is 4.85. The van der Waals surface area contributed by atoms with Gasteiger partial charge in [-0.3, -0.25) is 28.8 Å². The molecule has 49 heavy (non-hydrogen) atoms. The predicted molar refractivity (Wildman–Crippen MR) is 161 cm³/mol. The molecule has 0 aliphatic carbocycles. The standard InChI is InChI=1S/C35H20F6N2O6/c1-17(44)19-3-9-23(10-4-19)42-29(46)25-13-7-21(15-27(25)31(42)48)33(34(36,37)38,35(39,40)41)22-8-14-26-28(16-22)32(49)43(30(26)47)24-11-5-20(6-12-24)18(2)45/h3-16H,1-2H3. The lowest BCUT2D eigenvalue weighted by Gasteiger charge is -2.38. The van der Waals surface area contributed by atoms with Crippen LogP contribution in [0.25, 0.3) is 0 Å². The van der Waals surface area contributed by atoms with E-state index in [2.05, 4.69) is 0 Å². The molecule has 0 radical (unpaired) electrons. The number of nitrogens with zero attached hydrogens (tertiary/aromatic N) is 2. The maximum absolute atomic E-state index is 15.1. The van der Waals surface area contributed by atoms with Gasteiger partial charge in [0.05, 0.1) is 33.6 Å². The zero-order valence-electron chi connectivity index (χ0n) is 25.2. The van der Waals surface area contributed by atoms with Gasteiger partial charge < -0.3 is 0 Å². The van der Waals surface area contributed by atoms with Crippen molar-refractivity contribution in [2.24, 2.45) is 0 Å². The number of benzene rings is 4. The van der Waals surface area contributed by atoms with Gasteiger partial charge in [-0.05, 0) is 97.8 Å². The number of rotatable bonds is 6. The van der Waals surface area contributed by atoms with E-state index in [1.807, 2.05) is 0 Å². The lowest BCUT2D eigenvalue weighted by atomic mass is 9.71. The Labute approximate surface area is 272 Å². The predicted octanol–water partition coefficient (Wildman–Crippen LogP) is 7.10. The number of Topliss-reactive ketones (excluding diaryl/α,β-unsaturated/α-hetero) is 2. The number of alkyl halides is 6. The van der Waals surface area contributed by atoms with Gasteiger partial charge in [-0.25, -0.2) is 9.80 Å². The molecule has 0 fully saturated rings. The molecule has 0 unspecified atom stereocenters. The van der Waals surface area contributed by atoms with Gasteiger partial charge in [0.25, 0.3) is 23.6 Å². The second kappa shape index (κ2) is 11.1. The zero-order chi connectivity index (χ0) is 35.8. The van der Waals surface area contributed by atoms with Gasteiger partial charge in [-0.1, -0.05) is 12.1 Å². The summed E-state index contributed by atoms with van der Waals surface area (Å²) in [7, 11) is 0. The Morgan fingerprint density at radius 3 is 1.06 bits per heavy atom. The molecule has 4 aromatic carbocycles. The number of hydrogen-bond acceptors (Lipinski definition) is 6. The summed E-state index contributed by atoms with van der Waals surface area (Å²) in [4.78, 5) is 77.4. The molecule has 0 spiro atoms.